The van der Waals surface area contributed by atoms with Crippen molar-refractivity contribution in [1.29, 1.82) is 0 Å². The summed E-state index contributed by atoms with van der Waals surface area (Å²) >= 11 is 0. The first-order valence-electron chi connectivity index (χ1n) is 6.74. The average Bonchev–Trinajstić information content (AvgIpc) is 2.94. The molecule has 1 aliphatic rings. The van der Waals surface area contributed by atoms with Crippen molar-refractivity contribution in [1.82, 2.24) is 20.5 Å². The molecule has 6 heteroatoms. The third-order valence-electron chi connectivity index (χ3n) is 3.51. The molecule has 0 aromatic carbocycles. The van der Waals surface area contributed by atoms with E-state index >= 15 is 0 Å². The molecule has 0 atom stereocenters. The molecular weight excluding hydrogens is 244 g/mol. The number of aromatic nitrogens is 3. The Bertz CT molecular complexity index is 455. The van der Waals surface area contributed by atoms with Gasteiger partial charge in [0.05, 0.1) is 5.60 Å². The standard InChI is InChI=1S/C13H22N4O2/c1-12(2,3)11-15-9(16-17-11)10(18)14-8-13(19)6-4-5-7-13/h19H,4-8H2,1-3H3,(H,14,18)(H,15,16,17). The molecule has 2 rings (SSSR count). The fraction of sp³-hybridized carbons (Fsp3) is 0.769. The molecular formula is C13H22N4O2. The van der Waals surface area contributed by atoms with Crippen molar-refractivity contribution >= 4 is 5.91 Å². The molecule has 1 aromatic rings. The van der Waals surface area contributed by atoms with Gasteiger partial charge >= 0.3 is 0 Å². The quantitative estimate of drug-likeness (QED) is 0.765. The van der Waals surface area contributed by atoms with Crippen LogP contribution in [0.5, 0.6) is 0 Å². The molecule has 0 bridgehead atoms. The minimum atomic E-state index is -0.751. The van der Waals surface area contributed by atoms with E-state index in [1.54, 1.807) is 0 Å². The number of aliphatic hydroxyl groups is 1. The first-order chi connectivity index (χ1) is 8.80. The Kier molecular flexibility index (Phi) is 3.62. The predicted molar refractivity (Wildman–Crippen MR) is 70.8 cm³/mol. The molecule has 106 valence electrons. The fourth-order valence-corrected chi connectivity index (χ4v) is 2.23. The molecule has 1 fully saturated rings. The molecule has 3 N–H and O–H groups in total. The van der Waals surface area contributed by atoms with E-state index in [1.807, 2.05) is 20.8 Å². The summed E-state index contributed by atoms with van der Waals surface area (Å²) in [6, 6.07) is 0. The fourth-order valence-electron chi connectivity index (χ4n) is 2.23. The van der Waals surface area contributed by atoms with Gasteiger partial charge in [-0.1, -0.05) is 33.6 Å². The highest BCUT2D eigenvalue weighted by Crippen LogP contribution is 2.28. The molecule has 19 heavy (non-hydrogen) atoms. The molecule has 1 aliphatic carbocycles. The van der Waals surface area contributed by atoms with Gasteiger partial charge in [-0.2, -0.15) is 0 Å². The predicted octanol–water partition coefficient (Wildman–Crippen LogP) is 1.14. The van der Waals surface area contributed by atoms with Crippen molar-refractivity contribution in [3.05, 3.63) is 11.6 Å². The minimum absolute atomic E-state index is 0.131. The zero-order chi connectivity index (χ0) is 14.1. The Labute approximate surface area is 113 Å². The summed E-state index contributed by atoms with van der Waals surface area (Å²) < 4.78 is 0. The Balaban J connectivity index is 1.95. The van der Waals surface area contributed by atoms with Gasteiger partial charge in [-0.05, 0) is 12.8 Å². The zero-order valence-electron chi connectivity index (χ0n) is 11.8. The molecule has 0 saturated heterocycles. The van der Waals surface area contributed by atoms with Gasteiger partial charge in [0.25, 0.3) is 5.91 Å². The van der Waals surface area contributed by atoms with Crippen LogP contribution >= 0.6 is 0 Å². The number of amides is 1. The van der Waals surface area contributed by atoms with Gasteiger partial charge in [0.1, 0.15) is 5.82 Å². The Hall–Kier alpha value is -1.43. The lowest BCUT2D eigenvalue weighted by Crippen LogP contribution is -2.41. The van der Waals surface area contributed by atoms with Gasteiger partial charge in [0.2, 0.25) is 5.82 Å². The van der Waals surface area contributed by atoms with E-state index in [1.165, 1.54) is 0 Å². The van der Waals surface area contributed by atoms with Crippen LogP contribution in [0.2, 0.25) is 0 Å². The maximum atomic E-state index is 11.9. The van der Waals surface area contributed by atoms with E-state index in [2.05, 4.69) is 20.5 Å². The number of aromatic amines is 1. The summed E-state index contributed by atoms with van der Waals surface area (Å²) in [4.78, 5) is 16.1. The lowest BCUT2D eigenvalue weighted by atomic mass is 9.96. The summed E-state index contributed by atoms with van der Waals surface area (Å²) in [5.41, 5.74) is -0.923. The molecule has 0 radical (unpaired) electrons. The van der Waals surface area contributed by atoms with E-state index in [9.17, 15) is 9.90 Å². The van der Waals surface area contributed by atoms with Gasteiger partial charge in [-0.3, -0.25) is 9.89 Å². The SMILES string of the molecule is CC(C)(C)c1nc(C(=O)NCC2(O)CCCC2)n[nH]1. The van der Waals surface area contributed by atoms with Gasteiger partial charge in [-0.25, -0.2) is 4.98 Å². The Morgan fingerprint density at radius 2 is 2.05 bits per heavy atom. The molecule has 0 unspecified atom stereocenters. The van der Waals surface area contributed by atoms with Gasteiger partial charge in [-0.15, -0.1) is 5.10 Å². The highest BCUT2D eigenvalue weighted by molar-refractivity contribution is 5.90. The smallest absolute Gasteiger partial charge is 0.291 e. The monoisotopic (exact) mass is 266 g/mol. The van der Waals surface area contributed by atoms with E-state index in [0.717, 1.165) is 25.7 Å². The highest BCUT2D eigenvalue weighted by atomic mass is 16.3. The van der Waals surface area contributed by atoms with Crippen molar-refractivity contribution in [2.24, 2.45) is 0 Å². The van der Waals surface area contributed by atoms with Gasteiger partial charge < -0.3 is 10.4 Å². The second kappa shape index (κ2) is 4.92. The third kappa shape index (κ3) is 3.32. The van der Waals surface area contributed by atoms with Crippen LogP contribution in [0.1, 0.15) is 62.9 Å². The number of carbonyl (C=O) groups is 1. The normalized spacial score (nSPS) is 18.5. The van der Waals surface area contributed by atoms with Gasteiger partial charge in [0.15, 0.2) is 0 Å². The molecule has 1 saturated carbocycles. The summed E-state index contributed by atoms with van der Waals surface area (Å²) in [5, 5.41) is 19.6. The largest absolute Gasteiger partial charge is 0.388 e. The second-order valence-corrected chi connectivity index (χ2v) is 6.37. The number of hydrogen-bond donors (Lipinski definition) is 3. The maximum Gasteiger partial charge on any atom is 0.291 e. The Morgan fingerprint density at radius 1 is 1.42 bits per heavy atom. The van der Waals surface area contributed by atoms with Crippen LogP contribution in [0.4, 0.5) is 0 Å². The number of rotatable bonds is 3. The summed E-state index contributed by atoms with van der Waals surface area (Å²) in [7, 11) is 0. The number of nitrogens with zero attached hydrogens (tertiary/aromatic N) is 2. The lowest BCUT2D eigenvalue weighted by molar-refractivity contribution is 0.0447. The van der Waals surface area contributed by atoms with Crippen LogP contribution in [0, 0.1) is 0 Å². The van der Waals surface area contributed by atoms with E-state index < -0.39 is 5.60 Å². The van der Waals surface area contributed by atoms with Crippen molar-refractivity contribution in [3.8, 4) is 0 Å². The zero-order valence-corrected chi connectivity index (χ0v) is 11.8. The van der Waals surface area contributed by atoms with Crippen molar-refractivity contribution in [2.45, 2.75) is 57.5 Å². The number of hydrogen-bond acceptors (Lipinski definition) is 4. The Morgan fingerprint density at radius 3 is 2.58 bits per heavy atom. The van der Waals surface area contributed by atoms with Crippen molar-refractivity contribution < 1.29 is 9.90 Å². The maximum absolute atomic E-state index is 11.9. The van der Waals surface area contributed by atoms with Crippen LogP contribution in [-0.2, 0) is 5.41 Å². The summed E-state index contributed by atoms with van der Waals surface area (Å²) in [6.07, 6.45) is 3.52. The topological polar surface area (TPSA) is 90.9 Å². The first kappa shape index (κ1) is 14.0. The molecule has 0 aliphatic heterocycles. The summed E-state index contributed by atoms with van der Waals surface area (Å²) in [6.45, 7) is 6.26. The van der Waals surface area contributed by atoms with E-state index in [4.69, 9.17) is 0 Å². The van der Waals surface area contributed by atoms with Crippen LogP contribution < -0.4 is 5.32 Å². The first-order valence-corrected chi connectivity index (χ1v) is 6.74. The summed E-state index contributed by atoms with van der Waals surface area (Å²) in [5.74, 6) is 0.468. The van der Waals surface area contributed by atoms with Crippen molar-refractivity contribution in [2.75, 3.05) is 6.54 Å². The molecule has 1 aromatic heterocycles. The van der Waals surface area contributed by atoms with Gasteiger partial charge in [0, 0.05) is 12.0 Å². The third-order valence-corrected chi connectivity index (χ3v) is 3.51. The number of H-pyrrole nitrogens is 1. The average molecular weight is 266 g/mol. The highest BCUT2D eigenvalue weighted by Gasteiger charge is 2.32. The van der Waals surface area contributed by atoms with Crippen LogP contribution in [0.3, 0.4) is 0 Å². The molecule has 1 amide bonds. The lowest BCUT2D eigenvalue weighted by Gasteiger charge is -2.21. The second-order valence-electron chi connectivity index (χ2n) is 6.37. The van der Waals surface area contributed by atoms with E-state index in [-0.39, 0.29) is 23.7 Å². The number of carbonyl (C=O) groups excluding carboxylic acids is 1. The van der Waals surface area contributed by atoms with Crippen LogP contribution in [0.15, 0.2) is 0 Å². The minimum Gasteiger partial charge on any atom is -0.388 e. The molecule has 6 nitrogen and oxygen atoms in total. The number of nitrogens with one attached hydrogen (secondary N) is 2. The van der Waals surface area contributed by atoms with E-state index in [0.29, 0.717) is 5.82 Å². The molecule has 1 heterocycles. The van der Waals surface area contributed by atoms with Crippen LogP contribution in [0.25, 0.3) is 0 Å². The van der Waals surface area contributed by atoms with Crippen molar-refractivity contribution in [3.63, 3.8) is 0 Å². The van der Waals surface area contributed by atoms with Crippen LogP contribution in [-0.4, -0.2) is 38.3 Å². The molecule has 0 spiro atoms.